The maximum absolute atomic E-state index is 13.7. The van der Waals surface area contributed by atoms with E-state index >= 15 is 0 Å². The molecule has 5 nitrogen and oxygen atoms in total. The molecular weight excluding hydrogens is 335 g/mol. The van der Waals surface area contributed by atoms with E-state index < -0.39 is 17.5 Å². The van der Waals surface area contributed by atoms with Crippen LogP contribution < -0.4 is 15.0 Å². The molecule has 1 fully saturated rings. The molecule has 0 saturated carbocycles. The number of carbonyl (C=O) groups excluding carboxylic acids is 1. The van der Waals surface area contributed by atoms with Crippen LogP contribution in [-0.4, -0.2) is 31.2 Å². The van der Waals surface area contributed by atoms with E-state index in [1.807, 2.05) is 24.3 Å². The lowest BCUT2D eigenvalue weighted by Gasteiger charge is -2.21. The number of amides is 1. The van der Waals surface area contributed by atoms with Crippen molar-refractivity contribution in [1.29, 1.82) is 0 Å². The van der Waals surface area contributed by atoms with E-state index in [1.54, 1.807) is 0 Å². The third kappa shape index (κ3) is 3.74. The molecule has 1 saturated heterocycles. The zero-order chi connectivity index (χ0) is 18.9. The van der Waals surface area contributed by atoms with E-state index in [0.717, 1.165) is 31.3 Å². The van der Waals surface area contributed by atoms with Gasteiger partial charge in [-0.2, -0.15) is 0 Å². The Morgan fingerprint density at radius 2 is 1.96 bits per heavy atom. The summed E-state index contributed by atoms with van der Waals surface area (Å²) in [4.78, 5) is 14.7. The topological polar surface area (TPSA) is 61.8 Å². The summed E-state index contributed by atoms with van der Waals surface area (Å²) >= 11 is 0. The summed E-state index contributed by atoms with van der Waals surface area (Å²) in [6.07, 6.45) is 1.15. The summed E-state index contributed by atoms with van der Waals surface area (Å²) < 4.78 is 18.6. The first-order chi connectivity index (χ1) is 12.3. The second-order valence-electron chi connectivity index (χ2n) is 7.35. The van der Waals surface area contributed by atoms with Gasteiger partial charge in [-0.05, 0) is 48.2 Å². The van der Waals surface area contributed by atoms with Crippen molar-refractivity contribution in [3.8, 4) is 11.5 Å². The van der Waals surface area contributed by atoms with Gasteiger partial charge in [0.1, 0.15) is 0 Å². The number of aromatic hydroxyl groups is 1. The highest BCUT2D eigenvalue weighted by molar-refractivity contribution is 6.04. The number of nitrogens with zero attached hydrogens (tertiary/aromatic N) is 1. The van der Waals surface area contributed by atoms with Gasteiger partial charge in [-0.25, -0.2) is 4.39 Å². The SMILES string of the molecule is COc1cc(C(=O)Nc2ccc(N3CCC(C)(C)C3)cc2)cc(F)c1O. The minimum atomic E-state index is -0.901. The van der Waals surface area contributed by atoms with Crippen LogP contribution in [0.5, 0.6) is 11.5 Å². The summed E-state index contributed by atoms with van der Waals surface area (Å²) in [6, 6.07) is 9.87. The third-order valence-electron chi connectivity index (χ3n) is 4.68. The molecule has 1 aliphatic heterocycles. The molecule has 2 N–H and O–H groups in total. The van der Waals surface area contributed by atoms with Crippen LogP contribution in [0.3, 0.4) is 0 Å². The van der Waals surface area contributed by atoms with Crippen LogP contribution in [-0.2, 0) is 0 Å². The maximum atomic E-state index is 13.7. The number of rotatable bonds is 4. The Bertz CT molecular complexity index is 819. The first kappa shape index (κ1) is 18.0. The summed E-state index contributed by atoms with van der Waals surface area (Å²) in [5, 5.41) is 12.3. The van der Waals surface area contributed by atoms with Crippen molar-refractivity contribution in [3.05, 3.63) is 47.8 Å². The van der Waals surface area contributed by atoms with Gasteiger partial charge in [0.15, 0.2) is 17.3 Å². The van der Waals surface area contributed by atoms with Crippen LogP contribution in [0.25, 0.3) is 0 Å². The second-order valence-corrected chi connectivity index (χ2v) is 7.35. The van der Waals surface area contributed by atoms with Crippen molar-refractivity contribution in [3.63, 3.8) is 0 Å². The van der Waals surface area contributed by atoms with Gasteiger partial charge in [0, 0.05) is 30.0 Å². The number of carbonyl (C=O) groups is 1. The highest BCUT2D eigenvalue weighted by atomic mass is 19.1. The fourth-order valence-corrected chi connectivity index (χ4v) is 3.15. The number of methoxy groups -OCH3 is 1. The van der Waals surface area contributed by atoms with E-state index in [4.69, 9.17) is 4.74 Å². The fraction of sp³-hybridized carbons (Fsp3) is 0.350. The molecule has 26 heavy (non-hydrogen) atoms. The molecule has 2 aromatic rings. The summed E-state index contributed by atoms with van der Waals surface area (Å²) in [5.74, 6) is -2.07. The minimum Gasteiger partial charge on any atom is -0.502 e. The molecular formula is C20H23FN2O3. The number of halogens is 1. The zero-order valence-electron chi connectivity index (χ0n) is 15.2. The van der Waals surface area contributed by atoms with Crippen LogP contribution in [0.2, 0.25) is 0 Å². The molecule has 3 rings (SSSR count). The Balaban J connectivity index is 1.71. The first-order valence-electron chi connectivity index (χ1n) is 8.52. The predicted octanol–water partition coefficient (Wildman–Crippen LogP) is 4.03. The van der Waals surface area contributed by atoms with Gasteiger partial charge in [-0.1, -0.05) is 13.8 Å². The Kier molecular flexibility index (Phi) is 4.76. The summed E-state index contributed by atoms with van der Waals surface area (Å²) in [5.41, 5.74) is 2.12. The maximum Gasteiger partial charge on any atom is 0.255 e. The second kappa shape index (κ2) is 6.86. The smallest absolute Gasteiger partial charge is 0.255 e. The van der Waals surface area contributed by atoms with Gasteiger partial charge in [0.2, 0.25) is 0 Å². The number of phenolic OH excluding ortho intramolecular Hbond substituents is 1. The molecule has 138 valence electrons. The molecule has 0 atom stereocenters. The number of hydrogen-bond acceptors (Lipinski definition) is 4. The molecule has 0 aliphatic carbocycles. The number of hydrogen-bond donors (Lipinski definition) is 2. The van der Waals surface area contributed by atoms with Gasteiger partial charge in [-0.3, -0.25) is 4.79 Å². The predicted molar refractivity (Wildman–Crippen MR) is 99.6 cm³/mol. The Morgan fingerprint density at radius 3 is 2.54 bits per heavy atom. The molecule has 1 aliphatic rings. The quantitative estimate of drug-likeness (QED) is 0.866. The Labute approximate surface area is 152 Å². The third-order valence-corrected chi connectivity index (χ3v) is 4.68. The molecule has 0 radical (unpaired) electrons. The lowest BCUT2D eigenvalue weighted by atomic mass is 9.93. The van der Waals surface area contributed by atoms with E-state index in [0.29, 0.717) is 11.1 Å². The standard InChI is InChI=1S/C20H23FN2O3/c1-20(2)8-9-23(12-20)15-6-4-14(5-7-15)22-19(25)13-10-16(21)18(24)17(11-13)26-3/h4-7,10-11,24H,8-9,12H2,1-3H3,(H,22,25). The monoisotopic (exact) mass is 358 g/mol. The van der Waals surface area contributed by atoms with Gasteiger partial charge in [0.05, 0.1) is 7.11 Å². The fourth-order valence-electron chi connectivity index (χ4n) is 3.15. The van der Waals surface area contributed by atoms with E-state index in [-0.39, 0.29) is 11.3 Å². The van der Waals surface area contributed by atoms with E-state index in [9.17, 15) is 14.3 Å². The van der Waals surface area contributed by atoms with Crippen molar-refractivity contribution in [2.45, 2.75) is 20.3 Å². The van der Waals surface area contributed by atoms with Crippen molar-refractivity contribution < 1.29 is 19.0 Å². The lowest BCUT2D eigenvalue weighted by molar-refractivity contribution is 0.102. The Morgan fingerprint density at radius 1 is 1.27 bits per heavy atom. The van der Waals surface area contributed by atoms with Crippen molar-refractivity contribution >= 4 is 17.3 Å². The van der Waals surface area contributed by atoms with Crippen LogP contribution in [0, 0.1) is 11.2 Å². The molecule has 0 bridgehead atoms. The zero-order valence-corrected chi connectivity index (χ0v) is 15.2. The number of anilines is 2. The number of nitrogens with one attached hydrogen (secondary N) is 1. The molecule has 0 spiro atoms. The molecule has 0 unspecified atom stereocenters. The van der Waals surface area contributed by atoms with Crippen molar-refractivity contribution in [1.82, 2.24) is 0 Å². The van der Waals surface area contributed by atoms with Gasteiger partial charge in [0.25, 0.3) is 5.91 Å². The van der Waals surface area contributed by atoms with Crippen LogP contribution in [0.15, 0.2) is 36.4 Å². The highest BCUT2D eigenvalue weighted by Crippen LogP contribution is 2.33. The van der Waals surface area contributed by atoms with Gasteiger partial charge >= 0.3 is 0 Å². The summed E-state index contributed by atoms with van der Waals surface area (Å²) in [7, 11) is 1.30. The first-order valence-corrected chi connectivity index (χ1v) is 8.52. The average Bonchev–Trinajstić information content (AvgIpc) is 2.97. The number of benzene rings is 2. The molecule has 1 heterocycles. The van der Waals surface area contributed by atoms with Gasteiger partial charge < -0.3 is 20.1 Å². The summed E-state index contributed by atoms with van der Waals surface area (Å²) in [6.45, 7) is 6.54. The van der Waals surface area contributed by atoms with Crippen LogP contribution in [0.4, 0.5) is 15.8 Å². The number of phenols is 1. The molecule has 0 aromatic heterocycles. The minimum absolute atomic E-state index is 0.0718. The number of ether oxygens (including phenoxy) is 1. The largest absolute Gasteiger partial charge is 0.502 e. The lowest BCUT2D eigenvalue weighted by Crippen LogP contribution is -2.22. The Hall–Kier alpha value is -2.76. The van der Waals surface area contributed by atoms with E-state index in [1.165, 1.54) is 13.2 Å². The molecule has 6 heteroatoms. The van der Waals surface area contributed by atoms with Crippen molar-refractivity contribution in [2.24, 2.45) is 5.41 Å². The van der Waals surface area contributed by atoms with Gasteiger partial charge in [-0.15, -0.1) is 0 Å². The molecule has 1 amide bonds. The normalized spacial score (nSPS) is 15.8. The average molecular weight is 358 g/mol. The van der Waals surface area contributed by atoms with Crippen molar-refractivity contribution in [2.75, 3.05) is 30.4 Å². The van der Waals surface area contributed by atoms with Crippen LogP contribution in [0.1, 0.15) is 30.6 Å². The highest BCUT2D eigenvalue weighted by Gasteiger charge is 2.29. The van der Waals surface area contributed by atoms with E-state index in [2.05, 4.69) is 24.1 Å². The van der Waals surface area contributed by atoms with Crippen LogP contribution >= 0.6 is 0 Å². The molecule has 2 aromatic carbocycles.